The number of ether oxygens (including phenoxy) is 1. The first-order valence-corrected chi connectivity index (χ1v) is 3.30. The van der Waals surface area contributed by atoms with E-state index in [0.29, 0.717) is 0 Å². The summed E-state index contributed by atoms with van der Waals surface area (Å²) >= 11 is 0. The van der Waals surface area contributed by atoms with Gasteiger partial charge in [0, 0.05) is 12.0 Å². The van der Waals surface area contributed by atoms with Gasteiger partial charge in [-0.05, 0) is 0 Å². The van der Waals surface area contributed by atoms with Gasteiger partial charge in [0.15, 0.2) is 6.10 Å². The molecule has 6 heteroatoms. The Hall–Kier alpha value is -1.04. The fourth-order valence-electron chi connectivity index (χ4n) is 0.577. The molecule has 1 N–H and O–H groups in total. The molecule has 76 valence electrons. The number of aliphatic hydroxyl groups is 1. The topological polar surface area (TPSA) is 46.5 Å². The number of alkyl halides is 3. The molecule has 0 rings (SSSR count). The van der Waals surface area contributed by atoms with Crippen LogP contribution < -0.4 is 0 Å². The van der Waals surface area contributed by atoms with Gasteiger partial charge < -0.3 is 9.84 Å². The number of esters is 1. The smallest absolute Gasteiger partial charge is 0.414 e. The van der Waals surface area contributed by atoms with Gasteiger partial charge >= 0.3 is 12.1 Å². The van der Waals surface area contributed by atoms with E-state index in [0.717, 1.165) is 7.11 Å². The molecule has 0 aliphatic carbocycles. The number of halogens is 3. The first-order valence-electron chi connectivity index (χ1n) is 3.30. The summed E-state index contributed by atoms with van der Waals surface area (Å²) in [6.45, 7) is 3.04. The predicted octanol–water partition coefficient (Wildman–Crippen LogP) is 1.03. The van der Waals surface area contributed by atoms with Crippen molar-refractivity contribution in [3.63, 3.8) is 0 Å². The average molecular weight is 198 g/mol. The monoisotopic (exact) mass is 198 g/mol. The van der Waals surface area contributed by atoms with Gasteiger partial charge in [0.1, 0.15) is 0 Å². The van der Waals surface area contributed by atoms with Crippen LogP contribution in [0.25, 0.3) is 0 Å². The number of hydrogen-bond donors (Lipinski definition) is 1. The maximum Gasteiger partial charge on any atom is 0.414 e. The number of carbonyl (C=O) groups is 1. The van der Waals surface area contributed by atoms with Crippen molar-refractivity contribution in [2.24, 2.45) is 0 Å². The number of aliphatic hydroxyl groups excluding tert-OH is 1. The Kier molecular flexibility index (Phi) is 3.93. The van der Waals surface area contributed by atoms with Crippen molar-refractivity contribution in [2.45, 2.75) is 18.7 Å². The number of methoxy groups -OCH3 is 1. The maximum absolute atomic E-state index is 11.7. The summed E-state index contributed by atoms with van der Waals surface area (Å²) in [5.41, 5.74) is -0.410. The Morgan fingerprint density at radius 1 is 1.62 bits per heavy atom. The highest BCUT2D eigenvalue weighted by atomic mass is 19.4. The first kappa shape index (κ1) is 12.0. The molecule has 0 bridgehead atoms. The fraction of sp³-hybridized carbons (Fsp3) is 0.571. The molecule has 0 aromatic heterocycles. The average Bonchev–Trinajstić information content (AvgIpc) is 2.01. The van der Waals surface area contributed by atoms with Crippen LogP contribution in [0.3, 0.4) is 0 Å². The van der Waals surface area contributed by atoms with Crippen molar-refractivity contribution in [2.75, 3.05) is 7.11 Å². The molecule has 3 nitrogen and oxygen atoms in total. The molecular formula is C7H9F3O3. The van der Waals surface area contributed by atoms with Gasteiger partial charge in [-0.3, -0.25) is 0 Å². The maximum atomic E-state index is 11.7. The zero-order valence-electron chi connectivity index (χ0n) is 6.89. The Morgan fingerprint density at radius 2 is 2.08 bits per heavy atom. The van der Waals surface area contributed by atoms with E-state index >= 15 is 0 Å². The van der Waals surface area contributed by atoms with Gasteiger partial charge in [-0.1, -0.05) is 6.58 Å². The molecule has 0 fully saturated rings. The van der Waals surface area contributed by atoms with Gasteiger partial charge in [0.2, 0.25) is 0 Å². The fourth-order valence-corrected chi connectivity index (χ4v) is 0.577. The van der Waals surface area contributed by atoms with Gasteiger partial charge in [0.05, 0.1) is 7.11 Å². The third kappa shape index (κ3) is 3.93. The van der Waals surface area contributed by atoms with Crippen LogP contribution in [0.4, 0.5) is 13.2 Å². The van der Waals surface area contributed by atoms with Gasteiger partial charge in [-0.2, -0.15) is 13.2 Å². The molecule has 1 atom stereocenters. The van der Waals surface area contributed by atoms with E-state index in [9.17, 15) is 18.0 Å². The Bertz CT molecular complexity index is 210. The zero-order valence-corrected chi connectivity index (χ0v) is 6.89. The minimum atomic E-state index is -4.74. The molecule has 0 aromatic carbocycles. The Labute approximate surface area is 72.8 Å². The normalized spacial score (nSPS) is 13.6. The van der Waals surface area contributed by atoms with E-state index in [2.05, 4.69) is 11.3 Å². The molecule has 0 spiro atoms. The van der Waals surface area contributed by atoms with Crippen LogP contribution in [0.5, 0.6) is 0 Å². The predicted molar refractivity (Wildman–Crippen MR) is 37.8 cm³/mol. The quantitative estimate of drug-likeness (QED) is 0.544. The summed E-state index contributed by atoms with van der Waals surface area (Å²) in [7, 11) is 1.02. The summed E-state index contributed by atoms with van der Waals surface area (Å²) in [5.74, 6) is -0.955. The first-order chi connectivity index (χ1) is 5.79. The van der Waals surface area contributed by atoms with Crippen LogP contribution in [0, 0.1) is 0 Å². The molecule has 13 heavy (non-hydrogen) atoms. The summed E-state index contributed by atoms with van der Waals surface area (Å²) in [5, 5.41) is 8.51. The summed E-state index contributed by atoms with van der Waals surface area (Å²) < 4.78 is 39.3. The number of rotatable bonds is 3. The molecular weight excluding hydrogens is 189 g/mol. The van der Waals surface area contributed by atoms with E-state index in [1.54, 1.807) is 0 Å². The number of carbonyl (C=O) groups excluding carboxylic acids is 1. The lowest BCUT2D eigenvalue weighted by Gasteiger charge is -2.14. The molecule has 0 aliphatic rings. The second kappa shape index (κ2) is 4.27. The lowest BCUT2D eigenvalue weighted by Crippen LogP contribution is -2.29. The molecule has 0 amide bonds. The largest absolute Gasteiger partial charge is 0.466 e. The molecule has 0 unspecified atom stereocenters. The van der Waals surface area contributed by atoms with Crippen LogP contribution in [0.2, 0.25) is 0 Å². The van der Waals surface area contributed by atoms with Crippen molar-refractivity contribution in [3.8, 4) is 0 Å². The molecule has 0 saturated heterocycles. The highest BCUT2D eigenvalue weighted by molar-refractivity contribution is 5.87. The van der Waals surface area contributed by atoms with Crippen LogP contribution in [0.15, 0.2) is 12.2 Å². The number of hydrogen-bond acceptors (Lipinski definition) is 3. The highest BCUT2D eigenvalue weighted by Crippen LogP contribution is 2.24. The lowest BCUT2D eigenvalue weighted by atomic mass is 10.1. The van der Waals surface area contributed by atoms with Crippen LogP contribution >= 0.6 is 0 Å². The third-order valence-corrected chi connectivity index (χ3v) is 1.29. The second-order valence-corrected chi connectivity index (χ2v) is 2.36. The van der Waals surface area contributed by atoms with E-state index in [1.165, 1.54) is 0 Å². The van der Waals surface area contributed by atoms with Crippen molar-refractivity contribution in [3.05, 3.63) is 12.2 Å². The van der Waals surface area contributed by atoms with E-state index in [4.69, 9.17) is 5.11 Å². The lowest BCUT2D eigenvalue weighted by molar-refractivity contribution is -0.203. The molecule has 0 heterocycles. The zero-order chi connectivity index (χ0) is 10.6. The van der Waals surface area contributed by atoms with Crippen molar-refractivity contribution >= 4 is 5.97 Å². The van der Waals surface area contributed by atoms with E-state index in [1.807, 2.05) is 0 Å². The van der Waals surface area contributed by atoms with Gasteiger partial charge in [-0.25, -0.2) is 4.79 Å². The van der Waals surface area contributed by atoms with Crippen LogP contribution in [-0.2, 0) is 9.53 Å². The molecule has 0 radical (unpaired) electrons. The van der Waals surface area contributed by atoms with Gasteiger partial charge in [-0.15, -0.1) is 0 Å². The highest BCUT2D eigenvalue weighted by Gasteiger charge is 2.38. The Balaban J connectivity index is 4.15. The molecule has 0 saturated carbocycles. The SMILES string of the molecule is C=C(C[C@H](O)C(F)(F)F)C(=O)OC. The van der Waals surface area contributed by atoms with Crippen molar-refractivity contribution in [1.29, 1.82) is 0 Å². The van der Waals surface area contributed by atoms with Crippen LogP contribution in [-0.4, -0.2) is 30.5 Å². The molecule has 0 aromatic rings. The van der Waals surface area contributed by atoms with Crippen molar-refractivity contribution < 1.29 is 27.8 Å². The molecule has 0 aliphatic heterocycles. The minimum absolute atomic E-state index is 0.410. The van der Waals surface area contributed by atoms with Gasteiger partial charge in [0.25, 0.3) is 0 Å². The van der Waals surface area contributed by atoms with Crippen LogP contribution in [0.1, 0.15) is 6.42 Å². The summed E-state index contributed by atoms with van der Waals surface area (Å²) in [6, 6.07) is 0. The Morgan fingerprint density at radius 3 is 2.38 bits per heavy atom. The second-order valence-electron chi connectivity index (χ2n) is 2.36. The van der Waals surface area contributed by atoms with E-state index in [-0.39, 0.29) is 0 Å². The van der Waals surface area contributed by atoms with Crippen molar-refractivity contribution in [1.82, 2.24) is 0 Å². The minimum Gasteiger partial charge on any atom is -0.466 e. The summed E-state index contributed by atoms with van der Waals surface area (Å²) in [4.78, 5) is 10.6. The van der Waals surface area contributed by atoms with E-state index < -0.39 is 30.2 Å². The third-order valence-electron chi connectivity index (χ3n) is 1.29. The standard InChI is InChI=1S/C7H9F3O3/c1-4(6(12)13-2)3-5(11)7(8,9)10/h5,11H,1,3H2,2H3/t5-/m0/s1. The summed E-state index contributed by atoms with van der Waals surface area (Å²) in [6.07, 6.45) is -8.17.